The Morgan fingerprint density at radius 2 is 2.22 bits per heavy atom. The van der Waals surface area contributed by atoms with Crippen LogP contribution in [0.1, 0.15) is 26.0 Å². The molecule has 0 spiro atoms. The van der Waals surface area contributed by atoms with Crippen molar-refractivity contribution >= 4 is 0 Å². The summed E-state index contributed by atoms with van der Waals surface area (Å²) < 4.78 is 1.85. The second-order valence-corrected chi connectivity index (χ2v) is 4.69. The van der Waals surface area contributed by atoms with Gasteiger partial charge in [0.2, 0.25) is 0 Å². The Kier molecular flexibility index (Phi) is 4.04. The van der Waals surface area contributed by atoms with E-state index in [4.69, 9.17) is 0 Å². The second kappa shape index (κ2) is 5.73. The Labute approximate surface area is 106 Å². The molecule has 96 valence electrons. The molecule has 0 saturated carbocycles. The van der Waals surface area contributed by atoms with Crippen molar-refractivity contribution in [2.24, 2.45) is 5.92 Å². The average molecular weight is 246 g/mol. The van der Waals surface area contributed by atoms with Crippen LogP contribution in [0.3, 0.4) is 0 Å². The molecule has 0 aliphatic heterocycles. The lowest BCUT2D eigenvalue weighted by molar-refractivity contribution is 0.277. The molecular weight excluding hydrogens is 228 g/mol. The number of aryl methyl sites for hydroxylation is 1. The van der Waals surface area contributed by atoms with Crippen LogP contribution in [-0.4, -0.2) is 25.1 Å². The normalized spacial score (nSPS) is 11.1. The molecule has 0 bridgehead atoms. The molecule has 18 heavy (non-hydrogen) atoms. The molecule has 5 nitrogen and oxygen atoms in total. The fraction of sp³-hybridized carbons (Fsp3) is 0.462. The van der Waals surface area contributed by atoms with Gasteiger partial charge in [-0.05, 0) is 24.5 Å². The number of nitrogens with zero attached hydrogens (tertiary/aromatic N) is 4. The van der Waals surface area contributed by atoms with Gasteiger partial charge in [0.25, 0.3) is 0 Å². The van der Waals surface area contributed by atoms with Crippen molar-refractivity contribution in [2.45, 2.75) is 33.4 Å². The molecule has 2 aromatic rings. The number of pyridine rings is 1. The Hall–Kier alpha value is -1.75. The molecule has 0 unspecified atom stereocenters. The van der Waals surface area contributed by atoms with Gasteiger partial charge in [-0.2, -0.15) is 0 Å². The lowest BCUT2D eigenvalue weighted by Crippen LogP contribution is -2.06. The van der Waals surface area contributed by atoms with Crippen molar-refractivity contribution in [1.82, 2.24) is 20.0 Å². The van der Waals surface area contributed by atoms with Crippen LogP contribution in [0, 0.1) is 5.92 Å². The van der Waals surface area contributed by atoms with Gasteiger partial charge in [0.1, 0.15) is 5.69 Å². The minimum Gasteiger partial charge on any atom is -0.390 e. The number of aromatic nitrogens is 4. The third-order valence-electron chi connectivity index (χ3n) is 2.81. The largest absolute Gasteiger partial charge is 0.390 e. The molecule has 0 aliphatic carbocycles. The standard InChI is InChI=1S/C13H18N4O/c1-10(2)5-7-17-13(12(9-18)15-16-17)11-4-3-6-14-8-11/h3-4,6,8,10,18H,5,7,9H2,1-2H3. The Morgan fingerprint density at radius 1 is 1.39 bits per heavy atom. The predicted molar refractivity (Wildman–Crippen MR) is 68.6 cm³/mol. The number of hydrogen-bond acceptors (Lipinski definition) is 4. The lowest BCUT2D eigenvalue weighted by atomic mass is 10.1. The van der Waals surface area contributed by atoms with E-state index in [-0.39, 0.29) is 6.61 Å². The first kappa shape index (κ1) is 12.7. The van der Waals surface area contributed by atoms with Crippen LogP contribution in [0.4, 0.5) is 0 Å². The molecule has 0 aliphatic rings. The quantitative estimate of drug-likeness (QED) is 0.874. The molecule has 1 N–H and O–H groups in total. The van der Waals surface area contributed by atoms with E-state index in [1.54, 1.807) is 12.4 Å². The summed E-state index contributed by atoms with van der Waals surface area (Å²) in [6.07, 6.45) is 4.52. The van der Waals surface area contributed by atoms with Crippen LogP contribution in [0.25, 0.3) is 11.3 Å². The van der Waals surface area contributed by atoms with Crippen molar-refractivity contribution in [3.05, 3.63) is 30.2 Å². The fourth-order valence-electron chi connectivity index (χ4n) is 1.81. The minimum absolute atomic E-state index is 0.105. The van der Waals surface area contributed by atoms with E-state index in [0.29, 0.717) is 11.6 Å². The van der Waals surface area contributed by atoms with Gasteiger partial charge in [-0.15, -0.1) is 5.10 Å². The molecular formula is C13H18N4O. The average Bonchev–Trinajstić information content (AvgIpc) is 2.80. The summed E-state index contributed by atoms with van der Waals surface area (Å²) in [4.78, 5) is 4.10. The van der Waals surface area contributed by atoms with E-state index in [2.05, 4.69) is 29.1 Å². The van der Waals surface area contributed by atoms with E-state index in [9.17, 15) is 5.11 Å². The van der Waals surface area contributed by atoms with E-state index >= 15 is 0 Å². The van der Waals surface area contributed by atoms with Crippen molar-refractivity contribution in [3.8, 4) is 11.3 Å². The smallest absolute Gasteiger partial charge is 0.116 e. The predicted octanol–water partition coefficient (Wildman–Crippen LogP) is 1.88. The number of aliphatic hydroxyl groups excluding tert-OH is 1. The molecule has 0 fully saturated rings. The van der Waals surface area contributed by atoms with Crippen molar-refractivity contribution in [3.63, 3.8) is 0 Å². The maximum absolute atomic E-state index is 9.33. The number of aliphatic hydroxyl groups is 1. The molecule has 0 radical (unpaired) electrons. The van der Waals surface area contributed by atoms with E-state index in [1.807, 2.05) is 16.8 Å². The van der Waals surface area contributed by atoms with Gasteiger partial charge in [0, 0.05) is 24.5 Å². The zero-order valence-corrected chi connectivity index (χ0v) is 10.7. The van der Waals surface area contributed by atoms with Crippen LogP contribution in [0.5, 0.6) is 0 Å². The highest BCUT2D eigenvalue weighted by molar-refractivity contribution is 5.60. The highest BCUT2D eigenvalue weighted by Crippen LogP contribution is 2.22. The highest BCUT2D eigenvalue weighted by atomic mass is 16.3. The molecule has 0 saturated heterocycles. The molecule has 0 aromatic carbocycles. The Balaban J connectivity index is 2.34. The van der Waals surface area contributed by atoms with Gasteiger partial charge < -0.3 is 5.11 Å². The number of hydrogen-bond donors (Lipinski definition) is 1. The number of rotatable bonds is 5. The van der Waals surface area contributed by atoms with Crippen LogP contribution in [-0.2, 0) is 13.2 Å². The van der Waals surface area contributed by atoms with Gasteiger partial charge in [-0.3, -0.25) is 4.98 Å². The zero-order valence-electron chi connectivity index (χ0n) is 10.7. The van der Waals surface area contributed by atoms with Crippen molar-refractivity contribution in [2.75, 3.05) is 0 Å². The maximum Gasteiger partial charge on any atom is 0.116 e. The van der Waals surface area contributed by atoms with Gasteiger partial charge in [-0.25, -0.2) is 4.68 Å². The van der Waals surface area contributed by atoms with Crippen molar-refractivity contribution in [1.29, 1.82) is 0 Å². The van der Waals surface area contributed by atoms with Crippen LogP contribution in [0.15, 0.2) is 24.5 Å². The van der Waals surface area contributed by atoms with Gasteiger partial charge in [0.05, 0.1) is 12.3 Å². The second-order valence-electron chi connectivity index (χ2n) is 4.69. The van der Waals surface area contributed by atoms with E-state index in [0.717, 1.165) is 24.2 Å². The fourth-order valence-corrected chi connectivity index (χ4v) is 1.81. The Morgan fingerprint density at radius 3 is 2.83 bits per heavy atom. The monoisotopic (exact) mass is 246 g/mol. The SMILES string of the molecule is CC(C)CCn1nnc(CO)c1-c1cccnc1. The van der Waals surface area contributed by atoms with E-state index in [1.165, 1.54) is 0 Å². The minimum atomic E-state index is -0.105. The highest BCUT2D eigenvalue weighted by Gasteiger charge is 2.14. The molecule has 0 amide bonds. The van der Waals surface area contributed by atoms with Crippen LogP contribution < -0.4 is 0 Å². The maximum atomic E-state index is 9.33. The van der Waals surface area contributed by atoms with Gasteiger partial charge >= 0.3 is 0 Å². The summed E-state index contributed by atoms with van der Waals surface area (Å²) in [5.74, 6) is 0.605. The van der Waals surface area contributed by atoms with Gasteiger partial charge in [-0.1, -0.05) is 19.1 Å². The summed E-state index contributed by atoms with van der Waals surface area (Å²) in [5.41, 5.74) is 2.41. The molecule has 2 aromatic heterocycles. The molecule has 2 heterocycles. The summed E-state index contributed by atoms with van der Waals surface area (Å²) >= 11 is 0. The molecule has 2 rings (SSSR count). The Bertz CT molecular complexity index is 493. The van der Waals surface area contributed by atoms with Gasteiger partial charge in [0.15, 0.2) is 0 Å². The van der Waals surface area contributed by atoms with Crippen molar-refractivity contribution < 1.29 is 5.11 Å². The first-order valence-electron chi connectivity index (χ1n) is 6.16. The first-order valence-corrected chi connectivity index (χ1v) is 6.16. The van der Waals surface area contributed by atoms with E-state index < -0.39 is 0 Å². The summed E-state index contributed by atoms with van der Waals surface area (Å²) in [7, 11) is 0. The van der Waals surface area contributed by atoms with Crippen LogP contribution in [0.2, 0.25) is 0 Å². The van der Waals surface area contributed by atoms with Crippen LogP contribution >= 0.6 is 0 Å². The third kappa shape index (κ3) is 2.73. The first-order chi connectivity index (χ1) is 8.72. The third-order valence-corrected chi connectivity index (χ3v) is 2.81. The summed E-state index contributed by atoms with van der Waals surface area (Å²) in [5, 5.41) is 17.5. The molecule has 5 heteroatoms. The summed E-state index contributed by atoms with van der Waals surface area (Å²) in [6.45, 7) is 5.04. The summed E-state index contributed by atoms with van der Waals surface area (Å²) in [6, 6.07) is 3.83. The zero-order chi connectivity index (χ0) is 13.0. The topological polar surface area (TPSA) is 63.8 Å². The lowest BCUT2D eigenvalue weighted by Gasteiger charge is -2.08. The molecule has 0 atom stereocenters.